The molecule has 1 aromatic carbocycles. The molecule has 0 radical (unpaired) electrons. The number of thiazole rings is 1. The van der Waals surface area contributed by atoms with Gasteiger partial charge in [0.15, 0.2) is 5.75 Å². The fourth-order valence-electron chi connectivity index (χ4n) is 4.65. The Bertz CT molecular complexity index is 1210. The Labute approximate surface area is 215 Å². The lowest BCUT2D eigenvalue weighted by Gasteiger charge is -2.30. The Hall–Kier alpha value is -3.24. The zero-order valence-corrected chi connectivity index (χ0v) is 22.0. The number of likely N-dealkylation sites (tertiary alicyclic amines) is 1. The van der Waals surface area contributed by atoms with E-state index in [-0.39, 0.29) is 36.7 Å². The number of nitrogens with one attached hydrogen (secondary N) is 1. The average Bonchev–Trinajstić information content (AvgIpc) is 3.58. The molecule has 1 fully saturated rings. The van der Waals surface area contributed by atoms with Crippen molar-refractivity contribution in [3.63, 3.8) is 0 Å². The van der Waals surface area contributed by atoms with Gasteiger partial charge in [0, 0.05) is 13.0 Å². The van der Waals surface area contributed by atoms with E-state index in [0.717, 1.165) is 21.7 Å². The molecule has 36 heavy (non-hydrogen) atoms. The summed E-state index contributed by atoms with van der Waals surface area (Å²) in [7, 11) is 1.54. The molecule has 1 aliphatic heterocycles. The summed E-state index contributed by atoms with van der Waals surface area (Å²) in [6, 6.07) is 6.40. The van der Waals surface area contributed by atoms with Crippen LogP contribution in [-0.2, 0) is 9.59 Å². The van der Waals surface area contributed by atoms with Crippen LogP contribution in [0.3, 0.4) is 0 Å². The van der Waals surface area contributed by atoms with Crippen LogP contribution >= 0.6 is 11.3 Å². The van der Waals surface area contributed by atoms with Crippen LogP contribution in [0, 0.1) is 12.8 Å². The maximum absolute atomic E-state index is 13.6. The Kier molecular flexibility index (Phi) is 7.75. The Morgan fingerprint density at radius 3 is 2.53 bits per heavy atom. The van der Waals surface area contributed by atoms with Gasteiger partial charge in [-0.2, -0.15) is 5.10 Å². The van der Waals surface area contributed by atoms with Crippen molar-refractivity contribution >= 4 is 23.2 Å². The summed E-state index contributed by atoms with van der Waals surface area (Å²) >= 11 is 1.60. The van der Waals surface area contributed by atoms with Crippen LogP contribution in [-0.4, -0.2) is 62.4 Å². The highest BCUT2D eigenvalue weighted by Crippen LogP contribution is 2.30. The molecule has 2 aromatic heterocycles. The molecule has 2 N–H and O–H groups in total. The molecular formula is C26H33N5O4S. The maximum Gasteiger partial charge on any atom is 0.248 e. The summed E-state index contributed by atoms with van der Waals surface area (Å²) in [5, 5.41) is 17.7. The Morgan fingerprint density at radius 1 is 1.22 bits per heavy atom. The van der Waals surface area contributed by atoms with Crippen molar-refractivity contribution in [1.29, 1.82) is 0 Å². The van der Waals surface area contributed by atoms with E-state index in [1.807, 2.05) is 57.5 Å². The number of aliphatic hydroxyl groups excluding tert-OH is 1. The summed E-state index contributed by atoms with van der Waals surface area (Å²) < 4.78 is 6.78. The minimum Gasteiger partial charge on any atom is -0.493 e. The first-order chi connectivity index (χ1) is 17.2. The molecule has 1 unspecified atom stereocenters. The zero-order valence-electron chi connectivity index (χ0n) is 21.2. The van der Waals surface area contributed by atoms with Gasteiger partial charge in [0.05, 0.1) is 47.7 Å². The minimum absolute atomic E-state index is 0.0804. The highest BCUT2D eigenvalue weighted by molar-refractivity contribution is 7.13. The first-order valence-electron chi connectivity index (χ1n) is 12.1. The van der Waals surface area contributed by atoms with E-state index in [9.17, 15) is 14.7 Å². The number of nitrogens with zero attached hydrogens (tertiary/aromatic N) is 4. The standard InChI is InChI=1S/C26H33N5O4S/c1-15(2)23(31-13-21(35-5)11-28-31)26(34)30-12-20(32)10-22(30)25(33)29-16(3)18-6-8-19(9-7-18)24-17(4)27-14-36-24/h6-9,11,13-16,20,22-23,32H,10,12H2,1-5H3,(H,29,33)/t16-,20+,22-,23?/m0/s1. The van der Waals surface area contributed by atoms with Crippen LogP contribution in [0.4, 0.5) is 0 Å². The summed E-state index contributed by atoms with van der Waals surface area (Å²) in [5.41, 5.74) is 4.86. The number of rotatable bonds is 8. The molecular weight excluding hydrogens is 478 g/mol. The maximum atomic E-state index is 13.6. The molecule has 192 valence electrons. The largest absolute Gasteiger partial charge is 0.493 e. The number of β-amino-alcohol motifs (C(OH)–C–C–N with tert-alkyl or cyclic N) is 1. The molecule has 3 aromatic rings. The van der Waals surface area contributed by atoms with Gasteiger partial charge < -0.3 is 20.1 Å². The van der Waals surface area contributed by atoms with Crippen LogP contribution in [0.15, 0.2) is 42.2 Å². The smallest absolute Gasteiger partial charge is 0.248 e. The summed E-state index contributed by atoms with van der Waals surface area (Å²) in [6.45, 7) is 7.86. The van der Waals surface area contributed by atoms with Crippen LogP contribution in [0.5, 0.6) is 5.75 Å². The quantitative estimate of drug-likeness (QED) is 0.480. The van der Waals surface area contributed by atoms with Crippen molar-refractivity contribution in [2.45, 2.75) is 58.3 Å². The molecule has 1 aliphatic rings. The number of amides is 2. The normalized spacial score (nSPS) is 19.4. The molecule has 1 saturated heterocycles. The third-order valence-electron chi connectivity index (χ3n) is 6.62. The molecule has 4 atom stereocenters. The number of aliphatic hydroxyl groups is 1. The van der Waals surface area contributed by atoms with Crippen molar-refractivity contribution < 1.29 is 19.4 Å². The average molecular weight is 512 g/mol. The topological polar surface area (TPSA) is 110 Å². The van der Waals surface area contributed by atoms with Crippen molar-refractivity contribution in [3.8, 4) is 16.2 Å². The molecule has 0 bridgehead atoms. The van der Waals surface area contributed by atoms with E-state index in [1.165, 1.54) is 4.90 Å². The molecule has 9 nitrogen and oxygen atoms in total. The highest BCUT2D eigenvalue weighted by Gasteiger charge is 2.42. The monoisotopic (exact) mass is 511 g/mol. The number of carbonyl (C=O) groups excluding carboxylic acids is 2. The Morgan fingerprint density at radius 2 is 1.94 bits per heavy atom. The van der Waals surface area contributed by atoms with Gasteiger partial charge in [0.2, 0.25) is 11.8 Å². The van der Waals surface area contributed by atoms with Gasteiger partial charge in [-0.3, -0.25) is 14.3 Å². The third-order valence-corrected chi connectivity index (χ3v) is 7.60. The van der Waals surface area contributed by atoms with Gasteiger partial charge in [-0.1, -0.05) is 38.1 Å². The van der Waals surface area contributed by atoms with E-state index in [1.54, 1.807) is 35.5 Å². The number of hydrogen-bond donors (Lipinski definition) is 2. The second-order valence-corrected chi connectivity index (χ2v) is 10.4. The van der Waals surface area contributed by atoms with Crippen molar-refractivity contribution in [1.82, 2.24) is 25.0 Å². The lowest BCUT2D eigenvalue weighted by molar-refractivity contribution is -0.142. The number of carbonyl (C=O) groups is 2. The molecule has 0 spiro atoms. The first kappa shape index (κ1) is 25.8. The number of ether oxygens (including phenoxy) is 1. The molecule has 0 aliphatic carbocycles. The van der Waals surface area contributed by atoms with E-state index < -0.39 is 18.2 Å². The first-order valence-corrected chi connectivity index (χ1v) is 12.9. The van der Waals surface area contributed by atoms with Crippen LogP contribution in [0.1, 0.15) is 50.5 Å². The number of methoxy groups -OCH3 is 1. The second kappa shape index (κ2) is 10.8. The lowest BCUT2D eigenvalue weighted by Crippen LogP contribution is -2.49. The fraction of sp³-hybridized carbons (Fsp3) is 0.462. The molecule has 2 amide bonds. The third kappa shape index (κ3) is 5.29. The summed E-state index contributed by atoms with van der Waals surface area (Å²) in [5.74, 6) is -0.0579. The summed E-state index contributed by atoms with van der Waals surface area (Å²) in [4.78, 5) is 33.8. The van der Waals surface area contributed by atoms with Crippen LogP contribution in [0.25, 0.3) is 10.4 Å². The Balaban J connectivity index is 1.47. The minimum atomic E-state index is -0.762. The van der Waals surface area contributed by atoms with Gasteiger partial charge in [-0.25, -0.2) is 4.98 Å². The fourth-order valence-corrected chi connectivity index (χ4v) is 5.46. The van der Waals surface area contributed by atoms with Crippen molar-refractivity contribution in [2.75, 3.05) is 13.7 Å². The van der Waals surface area contributed by atoms with Gasteiger partial charge in [0.25, 0.3) is 0 Å². The SMILES string of the molecule is COc1cnn(C(C(=O)N2C[C@H](O)C[C@H]2C(=O)N[C@@H](C)c2ccc(-c3scnc3C)cc2)C(C)C)c1. The summed E-state index contributed by atoms with van der Waals surface area (Å²) in [6.07, 6.45) is 2.65. The van der Waals surface area contributed by atoms with Gasteiger partial charge in [-0.05, 0) is 30.9 Å². The van der Waals surface area contributed by atoms with Crippen molar-refractivity contribution in [2.24, 2.45) is 5.92 Å². The van der Waals surface area contributed by atoms with Gasteiger partial charge in [-0.15, -0.1) is 11.3 Å². The van der Waals surface area contributed by atoms with Crippen LogP contribution < -0.4 is 10.1 Å². The highest BCUT2D eigenvalue weighted by atomic mass is 32.1. The van der Waals surface area contributed by atoms with E-state index in [0.29, 0.717) is 5.75 Å². The molecule has 10 heteroatoms. The van der Waals surface area contributed by atoms with Gasteiger partial charge in [0.1, 0.15) is 12.1 Å². The second-order valence-electron chi connectivity index (χ2n) is 9.56. The van der Waals surface area contributed by atoms with Crippen molar-refractivity contribution in [3.05, 3.63) is 53.4 Å². The molecule has 4 rings (SSSR count). The zero-order chi connectivity index (χ0) is 26.0. The number of benzene rings is 1. The lowest BCUT2D eigenvalue weighted by atomic mass is 10.0. The van der Waals surface area contributed by atoms with E-state index in [4.69, 9.17) is 4.74 Å². The van der Waals surface area contributed by atoms with E-state index in [2.05, 4.69) is 15.4 Å². The van der Waals surface area contributed by atoms with E-state index >= 15 is 0 Å². The van der Waals surface area contributed by atoms with Gasteiger partial charge >= 0.3 is 0 Å². The number of aromatic nitrogens is 3. The molecule has 0 saturated carbocycles. The number of aryl methyl sites for hydroxylation is 1. The predicted octanol–water partition coefficient (Wildman–Crippen LogP) is 3.36. The van der Waals surface area contributed by atoms with Crippen LogP contribution in [0.2, 0.25) is 0 Å². The predicted molar refractivity (Wildman–Crippen MR) is 138 cm³/mol. The molecule has 3 heterocycles. The number of hydrogen-bond acceptors (Lipinski definition) is 7.